The van der Waals surface area contributed by atoms with Gasteiger partial charge in [-0.2, -0.15) is 0 Å². The van der Waals surface area contributed by atoms with Crippen LogP contribution in [0.1, 0.15) is 186 Å². The van der Waals surface area contributed by atoms with Gasteiger partial charge in [0.05, 0.1) is 0 Å². The Bertz CT molecular complexity index is 578. The summed E-state index contributed by atoms with van der Waals surface area (Å²) in [5, 5.41) is 0. The van der Waals surface area contributed by atoms with Crippen LogP contribution in [-0.2, 0) is 19.4 Å². The predicted molar refractivity (Wildman–Crippen MR) is 162 cm³/mol. The van der Waals surface area contributed by atoms with E-state index >= 15 is 0 Å². The maximum absolute atomic E-state index is 2.53. The van der Waals surface area contributed by atoms with Crippen LogP contribution < -0.4 is 4.57 Å². The molecule has 1 heteroatoms. The fraction of sp³-hybridized carbons (Fsp3) is 0.857. The summed E-state index contributed by atoms with van der Waals surface area (Å²) in [6, 6.07) is 2.48. The maximum Gasteiger partial charge on any atom is 0.172 e. The van der Waals surface area contributed by atoms with Crippen molar-refractivity contribution in [1.82, 2.24) is 0 Å². The molecule has 1 aromatic rings. The van der Waals surface area contributed by atoms with E-state index in [1.807, 2.05) is 0 Å². The van der Waals surface area contributed by atoms with Gasteiger partial charge in [0.25, 0.3) is 0 Å². The van der Waals surface area contributed by atoms with E-state index in [1.165, 1.54) is 173 Å². The topological polar surface area (TPSA) is 3.88 Å². The van der Waals surface area contributed by atoms with Crippen LogP contribution in [0.15, 0.2) is 18.5 Å². The summed E-state index contributed by atoms with van der Waals surface area (Å²) in [4.78, 5) is 0. The van der Waals surface area contributed by atoms with Crippen molar-refractivity contribution < 1.29 is 4.57 Å². The van der Waals surface area contributed by atoms with Crippen molar-refractivity contribution in [2.24, 2.45) is 0 Å². The number of hydrogen-bond acceptors (Lipinski definition) is 0. The first-order valence-electron chi connectivity index (χ1n) is 16.8. The van der Waals surface area contributed by atoms with E-state index in [2.05, 4.69) is 43.8 Å². The van der Waals surface area contributed by atoms with Gasteiger partial charge in [-0.15, -0.1) is 0 Å². The number of pyridine rings is 1. The van der Waals surface area contributed by atoms with E-state index in [0.717, 1.165) is 0 Å². The number of rotatable bonds is 27. The molecule has 1 aromatic heterocycles. The Morgan fingerprint density at radius 2 is 0.778 bits per heavy atom. The lowest BCUT2D eigenvalue weighted by molar-refractivity contribution is -0.697. The third-order valence-corrected chi connectivity index (χ3v) is 8.07. The third-order valence-electron chi connectivity index (χ3n) is 8.07. The summed E-state index contributed by atoms with van der Waals surface area (Å²) < 4.78 is 2.51. The fourth-order valence-corrected chi connectivity index (χ4v) is 5.55. The first-order valence-corrected chi connectivity index (χ1v) is 16.8. The molecule has 36 heavy (non-hydrogen) atoms. The lowest BCUT2D eigenvalue weighted by Gasteiger charge is -2.10. The van der Waals surface area contributed by atoms with Crippen LogP contribution in [0.25, 0.3) is 0 Å². The van der Waals surface area contributed by atoms with Gasteiger partial charge < -0.3 is 0 Å². The Morgan fingerprint density at radius 3 is 1.22 bits per heavy atom. The predicted octanol–water partition coefficient (Wildman–Crippen LogP) is 11.5. The molecule has 210 valence electrons. The van der Waals surface area contributed by atoms with Crippen LogP contribution in [0.5, 0.6) is 0 Å². The SMILES string of the molecule is CCCCCCCCCCc1cc[n+](CCCCCCCCCC)cc1CCCCCCCCCC. The van der Waals surface area contributed by atoms with Crippen molar-refractivity contribution in [3.05, 3.63) is 29.6 Å². The zero-order valence-corrected chi connectivity index (χ0v) is 25.3. The Hall–Kier alpha value is -0.850. The highest BCUT2D eigenvalue weighted by Gasteiger charge is 2.10. The molecule has 1 rings (SSSR count). The Labute approximate surface area is 228 Å². The second-order valence-corrected chi connectivity index (χ2v) is 11.7. The second-order valence-electron chi connectivity index (χ2n) is 11.7. The quantitative estimate of drug-likeness (QED) is 0.0835. The molecule has 0 aliphatic carbocycles. The number of aromatic nitrogens is 1. The lowest BCUT2D eigenvalue weighted by atomic mass is 9.97. The summed E-state index contributed by atoms with van der Waals surface area (Å²) in [6.45, 7) is 8.13. The Kier molecular flexibility index (Phi) is 23.8. The molecule has 0 saturated heterocycles. The fourth-order valence-electron chi connectivity index (χ4n) is 5.55. The summed E-state index contributed by atoms with van der Waals surface area (Å²) in [5.74, 6) is 0. The second kappa shape index (κ2) is 25.8. The molecule has 0 aliphatic rings. The minimum atomic E-state index is 1.21. The van der Waals surface area contributed by atoms with E-state index in [0.29, 0.717) is 0 Å². The molecule has 0 amide bonds. The van der Waals surface area contributed by atoms with Crippen molar-refractivity contribution in [1.29, 1.82) is 0 Å². The van der Waals surface area contributed by atoms with Crippen LogP contribution in [0.3, 0.4) is 0 Å². The smallest absolute Gasteiger partial charge is 0.172 e. The van der Waals surface area contributed by atoms with Crippen LogP contribution in [0, 0.1) is 0 Å². The molecule has 0 fully saturated rings. The minimum Gasteiger partial charge on any atom is -0.205 e. The van der Waals surface area contributed by atoms with Gasteiger partial charge in [-0.1, -0.05) is 149 Å². The number of nitrogens with zero attached hydrogens (tertiary/aromatic N) is 1. The zero-order valence-electron chi connectivity index (χ0n) is 25.3. The molecular weight excluding hydrogens is 434 g/mol. The van der Waals surface area contributed by atoms with Gasteiger partial charge in [0, 0.05) is 18.1 Å². The average molecular weight is 501 g/mol. The first-order chi connectivity index (χ1) is 17.8. The number of hydrogen-bond donors (Lipinski definition) is 0. The van der Waals surface area contributed by atoms with E-state index in [9.17, 15) is 0 Å². The zero-order chi connectivity index (χ0) is 25.9. The maximum atomic E-state index is 2.53. The third kappa shape index (κ3) is 19.3. The minimum absolute atomic E-state index is 1.21. The molecule has 0 N–H and O–H groups in total. The number of aryl methyl sites for hydroxylation is 3. The summed E-state index contributed by atoms with van der Waals surface area (Å²) in [6.07, 6.45) is 41.4. The van der Waals surface area contributed by atoms with Crippen molar-refractivity contribution in [2.75, 3.05) is 0 Å². The van der Waals surface area contributed by atoms with Crippen LogP contribution in [0.4, 0.5) is 0 Å². The van der Waals surface area contributed by atoms with Gasteiger partial charge in [0.2, 0.25) is 0 Å². The van der Waals surface area contributed by atoms with Gasteiger partial charge in [-0.25, -0.2) is 4.57 Å². The normalized spacial score (nSPS) is 11.4. The Morgan fingerprint density at radius 1 is 0.417 bits per heavy atom. The highest BCUT2D eigenvalue weighted by atomic mass is 14.9. The standard InChI is InChI=1S/C35H66N/c1-4-7-10-13-16-19-22-25-28-34-30-32-36(31-27-24-21-18-15-12-9-6-3)33-35(34)29-26-23-20-17-14-11-8-5-2/h30,32-33H,4-29,31H2,1-3H3/q+1. The van der Waals surface area contributed by atoms with E-state index in [1.54, 1.807) is 11.1 Å². The number of unbranched alkanes of at least 4 members (excludes halogenated alkanes) is 21. The molecular formula is C35H66N+. The molecule has 0 aliphatic heterocycles. The van der Waals surface area contributed by atoms with Crippen molar-refractivity contribution in [2.45, 2.75) is 194 Å². The van der Waals surface area contributed by atoms with Crippen LogP contribution in [0.2, 0.25) is 0 Å². The van der Waals surface area contributed by atoms with Gasteiger partial charge in [-0.3, -0.25) is 0 Å². The molecule has 1 heterocycles. The molecule has 0 radical (unpaired) electrons. The molecule has 0 unspecified atom stereocenters. The van der Waals surface area contributed by atoms with Crippen molar-refractivity contribution in [3.8, 4) is 0 Å². The van der Waals surface area contributed by atoms with Crippen LogP contribution >= 0.6 is 0 Å². The highest BCUT2D eigenvalue weighted by molar-refractivity contribution is 5.21. The monoisotopic (exact) mass is 501 g/mol. The van der Waals surface area contributed by atoms with Crippen molar-refractivity contribution >= 4 is 0 Å². The van der Waals surface area contributed by atoms with E-state index in [4.69, 9.17) is 0 Å². The molecule has 0 bridgehead atoms. The van der Waals surface area contributed by atoms with Gasteiger partial charge in [-0.05, 0) is 37.7 Å². The van der Waals surface area contributed by atoms with E-state index < -0.39 is 0 Å². The van der Waals surface area contributed by atoms with Gasteiger partial charge in [0.15, 0.2) is 12.4 Å². The molecule has 0 saturated carbocycles. The summed E-state index contributed by atoms with van der Waals surface area (Å²) >= 11 is 0. The summed E-state index contributed by atoms with van der Waals surface area (Å²) in [5.41, 5.74) is 3.31. The first kappa shape index (κ1) is 33.2. The lowest BCUT2D eigenvalue weighted by Crippen LogP contribution is -2.34. The van der Waals surface area contributed by atoms with Gasteiger partial charge in [0.1, 0.15) is 6.54 Å². The molecule has 0 aromatic carbocycles. The van der Waals surface area contributed by atoms with E-state index in [-0.39, 0.29) is 0 Å². The Balaban J connectivity index is 2.41. The van der Waals surface area contributed by atoms with Crippen LogP contribution in [-0.4, -0.2) is 0 Å². The largest absolute Gasteiger partial charge is 0.205 e. The molecule has 0 atom stereocenters. The van der Waals surface area contributed by atoms with Gasteiger partial charge >= 0.3 is 0 Å². The summed E-state index contributed by atoms with van der Waals surface area (Å²) in [7, 11) is 0. The average Bonchev–Trinajstić information content (AvgIpc) is 2.89. The molecule has 1 nitrogen and oxygen atoms in total. The van der Waals surface area contributed by atoms with Crippen molar-refractivity contribution in [3.63, 3.8) is 0 Å². The molecule has 0 spiro atoms. The highest BCUT2D eigenvalue weighted by Crippen LogP contribution is 2.17.